The second-order valence-corrected chi connectivity index (χ2v) is 7.44. The highest BCUT2D eigenvalue weighted by Gasteiger charge is 2.26. The molecule has 0 aliphatic heterocycles. The van der Waals surface area contributed by atoms with E-state index >= 15 is 0 Å². The highest BCUT2D eigenvalue weighted by Crippen LogP contribution is 2.27. The van der Waals surface area contributed by atoms with E-state index in [1.165, 1.54) is 6.08 Å². The molecule has 1 amide bonds. The van der Waals surface area contributed by atoms with Crippen molar-refractivity contribution in [3.63, 3.8) is 0 Å². The molecule has 0 saturated heterocycles. The number of nitrogens with zero attached hydrogens (tertiary/aromatic N) is 2. The third kappa shape index (κ3) is 5.33. The number of hydrogen-bond acceptors (Lipinski definition) is 4. The van der Waals surface area contributed by atoms with E-state index in [-0.39, 0.29) is 17.9 Å². The molecule has 2 aromatic carbocycles. The highest BCUT2D eigenvalue weighted by atomic mass is 35.5. The lowest BCUT2D eigenvalue weighted by molar-refractivity contribution is -0.117. The number of hydrogen-bond donors (Lipinski definition) is 1. The van der Waals surface area contributed by atoms with Crippen molar-refractivity contribution in [2.75, 3.05) is 0 Å². The van der Waals surface area contributed by atoms with E-state index < -0.39 is 0 Å². The van der Waals surface area contributed by atoms with Gasteiger partial charge < -0.3 is 9.84 Å². The SMILES string of the molecule is CC[C@H](C)[C@@H](NC(=O)/C=C/c1ccccc1)c1nc(-c2ccc(C)c(Cl)c2)no1. The average Bonchev–Trinajstić information content (AvgIpc) is 3.22. The second-order valence-electron chi connectivity index (χ2n) is 7.04. The van der Waals surface area contributed by atoms with Gasteiger partial charge in [-0.05, 0) is 36.1 Å². The van der Waals surface area contributed by atoms with Crippen molar-refractivity contribution in [1.82, 2.24) is 15.5 Å². The van der Waals surface area contributed by atoms with Gasteiger partial charge in [0, 0.05) is 16.7 Å². The fourth-order valence-electron chi connectivity index (χ4n) is 2.83. The summed E-state index contributed by atoms with van der Waals surface area (Å²) < 4.78 is 5.49. The van der Waals surface area contributed by atoms with Crippen LogP contribution in [-0.4, -0.2) is 16.0 Å². The summed E-state index contributed by atoms with van der Waals surface area (Å²) in [4.78, 5) is 17.0. The minimum atomic E-state index is -0.380. The fourth-order valence-corrected chi connectivity index (χ4v) is 3.01. The number of halogens is 1. The molecule has 1 aromatic heterocycles. The van der Waals surface area contributed by atoms with Gasteiger partial charge in [-0.25, -0.2) is 0 Å². The Morgan fingerprint density at radius 3 is 2.69 bits per heavy atom. The Bertz CT molecular complexity index is 998. The molecule has 1 N–H and O–H groups in total. The Kier molecular flexibility index (Phi) is 6.83. The maximum Gasteiger partial charge on any atom is 0.249 e. The molecule has 3 rings (SSSR count). The van der Waals surface area contributed by atoms with Crippen LogP contribution in [0.25, 0.3) is 17.5 Å². The van der Waals surface area contributed by atoms with Gasteiger partial charge in [0.2, 0.25) is 17.6 Å². The van der Waals surface area contributed by atoms with Gasteiger partial charge in [0.25, 0.3) is 0 Å². The molecule has 0 spiro atoms. The molecule has 0 aliphatic rings. The van der Waals surface area contributed by atoms with Crippen LogP contribution in [0.5, 0.6) is 0 Å². The van der Waals surface area contributed by atoms with Gasteiger partial charge in [-0.3, -0.25) is 4.79 Å². The molecule has 0 fully saturated rings. The van der Waals surface area contributed by atoms with Gasteiger partial charge in [0.15, 0.2) is 0 Å². The van der Waals surface area contributed by atoms with Crippen molar-refractivity contribution in [2.24, 2.45) is 5.92 Å². The Morgan fingerprint density at radius 1 is 1.24 bits per heavy atom. The van der Waals surface area contributed by atoms with Crippen LogP contribution in [0, 0.1) is 12.8 Å². The number of amides is 1. The van der Waals surface area contributed by atoms with Crippen molar-refractivity contribution < 1.29 is 9.32 Å². The lowest BCUT2D eigenvalue weighted by Crippen LogP contribution is -2.31. The summed E-state index contributed by atoms with van der Waals surface area (Å²) in [7, 11) is 0. The lowest BCUT2D eigenvalue weighted by Gasteiger charge is -2.19. The van der Waals surface area contributed by atoms with Crippen LogP contribution in [0.3, 0.4) is 0 Å². The van der Waals surface area contributed by atoms with E-state index in [1.54, 1.807) is 6.08 Å². The summed E-state index contributed by atoms with van der Waals surface area (Å²) >= 11 is 6.21. The Hall–Kier alpha value is -2.92. The Labute approximate surface area is 175 Å². The minimum absolute atomic E-state index is 0.124. The summed E-state index contributed by atoms with van der Waals surface area (Å²) in [5.41, 5.74) is 2.71. The molecule has 3 aromatic rings. The average molecular weight is 410 g/mol. The molecule has 5 nitrogen and oxygen atoms in total. The molecular formula is C23H24ClN3O2. The van der Waals surface area contributed by atoms with E-state index in [9.17, 15) is 4.79 Å². The van der Waals surface area contributed by atoms with Crippen molar-refractivity contribution in [2.45, 2.75) is 33.2 Å². The first kappa shape index (κ1) is 20.8. The van der Waals surface area contributed by atoms with Gasteiger partial charge in [0.1, 0.15) is 6.04 Å². The summed E-state index contributed by atoms with van der Waals surface area (Å²) in [6, 6.07) is 14.9. The number of nitrogens with one attached hydrogen (secondary N) is 1. The zero-order valence-electron chi connectivity index (χ0n) is 16.7. The molecule has 2 atom stereocenters. The smallest absolute Gasteiger partial charge is 0.249 e. The number of rotatable bonds is 7. The minimum Gasteiger partial charge on any atom is -0.340 e. The first-order valence-electron chi connectivity index (χ1n) is 9.61. The fraction of sp³-hybridized carbons (Fsp3) is 0.261. The van der Waals surface area contributed by atoms with E-state index in [1.807, 2.05) is 62.4 Å². The first-order valence-corrected chi connectivity index (χ1v) is 9.99. The van der Waals surface area contributed by atoms with Crippen molar-refractivity contribution in [1.29, 1.82) is 0 Å². The van der Waals surface area contributed by atoms with Gasteiger partial charge in [-0.2, -0.15) is 4.98 Å². The van der Waals surface area contributed by atoms with Gasteiger partial charge in [0.05, 0.1) is 0 Å². The highest BCUT2D eigenvalue weighted by molar-refractivity contribution is 6.31. The van der Waals surface area contributed by atoms with E-state index in [2.05, 4.69) is 22.4 Å². The molecule has 0 aliphatic carbocycles. The molecule has 6 heteroatoms. The predicted molar refractivity (Wildman–Crippen MR) is 115 cm³/mol. The normalized spacial score (nSPS) is 13.4. The predicted octanol–water partition coefficient (Wildman–Crippen LogP) is 5.62. The molecule has 0 saturated carbocycles. The van der Waals surface area contributed by atoms with Crippen LogP contribution < -0.4 is 5.32 Å². The Balaban J connectivity index is 1.78. The third-order valence-electron chi connectivity index (χ3n) is 4.88. The first-order chi connectivity index (χ1) is 14.0. The molecule has 1 heterocycles. The van der Waals surface area contributed by atoms with E-state index in [4.69, 9.17) is 16.1 Å². The van der Waals surface area contributed by atoms with Crippen LogP contribution in [0.4, 0.5) is 0 Å². The van der Waals surface area contributed by atoms with Crippen LogP contribution >= 0.6 is 11.6 Å². The monoisotopic (exact) mass is 409 g/mol. The summed E-state index contributed by atoms with van der Waals surface area (Å²) in [5.74, 6) is 0.744. The molecule has 0 unspecified atom stereocenters. The second kappa shape index (κ2) is 9.52. The summed E-state index contributed by atoms with van der Waals surface area (Å²) in [6.07, 6.45) is 4.14. The number of carbonyl (C=O) groups is 1. The van der Waals surface area contributed by atoms with Gasteiger partial charge >= 0.3 is 0 Å². The zero-order chi connectivity index (χ0) is 20.8. The van der Waals surface area contributed by atoms with Crippen LogP contribution in [0.15, 0.2) is 59.1 Å². The van der Waals surface area contributed by atoms with Crippen LogP contribution in [0.2, 0.25) is 5.02 Å². The number of benzene rings is 2. The van der Waals surface area contributed by atoms with Crippen LogP contribution in [0.1, 0.15) is 43.3 Å². The molecule has 0 bridgehead atoms. The maximum atomic E-state index is 12.5. The summed E-state index contributed by atoms with van der Waals surface area (Å²) in [6.45, 7) is 6.03. The van der Waals surface area contributed by atoms with Gasteiger partial charge in [-0.1, -0.05) is 79.5 Å². The Morgan fingerprint density at radius 2 is 2.00 bits per heavy atom. The number of carbonyl (C=O) groups excluding carboxylic acids is 1. The van der Waals surface area contributed by atoms with Crippen molar-refractivity contribution in [3.05, 3.63) is 76.6 Å². The van der Waals surface area contributed by atoms with Crippen molar-refractivity contribution in [3.8, 4) is 11.4 Å². The molecule has 29 heavy (non-hydrogen) atoms. The topological polar surface area (TPSA) is 68.0 Å². The zero-order valence-corrected chi connectivity index (χ0v) is 17.5. The van der Waals surface area contributed by atoms with Gasteiger partial charge in [-0.15, -0.1) is 0 Å². The number of aromatic nitrogens is 2. The lowest BCUT2D eigenvalue weighted by atomic mass is 9.99. The number of aryl methyl sites for hydroxylation is 1. The summed E-state index contributed by atoms with van der Waals surface area (Å²) in [5, 5.41) is 7.72. The third-order valence-corrected chi connectivity index (χ3v) is 5.28. The van der Waals surface area contributed by atoms with Crippen LogP contribution in [-0.2, 0) is 4.79 Å². The van der Waals surface area contributed by atoms with Crippen molar-refractivity contribution >= 4 is 23.6 Å². The molecular weight excluding hydrogens is 386 g/mol. The van der Waals surface area contributed by atoms with E-state index in [0.29, 0.717) is 16.7 Å². The quantitative estimate of drug-likeness (QED) is 0.514. The molecule has 0 radical (unpaired) electrons. The standard InChI is InChI=1S/C23H24ClN3O2/c1-4-15(2)21(25-20(28)13-11-17-8-6-5-7-9-17)23-26-22(27-29-23)18-12-10-16(3)19(24)14-18/h5-15,21H,4H2,1-3H3,(H,25,28)/b13-11+/t15-,21+/m0/s1. The van der Waals surface area contributed by atoms with E-state index in [0.717, 1.165) is 23.1 Å². The maximum absolute atomic E-state index is 12.5. The molecule has 150 valence electrons. The largest absolute Gasteiger partial charge is 0.340 e.